The molecule has 142 valence electrons. The largest absolute Gasteiger partial charge is 0.325 e. The molecular formula is C21H24ClN3O2. The summed E-state index contributed by atoms with van der Waals surface area (Å²) in [6.45, 7) is 1.95. The van der Waals surface area contributed by atoms with Crippen LogP contribution in [0.4, 0.5) is 11.4 Å². The molecule has 5 nitrogen and oxygen atoms in total. The van der Waals surface area contributed by atoms with E-state index in [4.69, 9.17) is 0 Å². The number of carbonyl (C=O) groups excluding carboxylic acids is 2. The molecule has 1 aliphatic heterocycles. The van der Waals surface area contributed by atoms with Gasteiger partial charge in [-0.1, -0.05) is 18.2 Å². The third kappa shape index (κ3) is 4.67. The summed E-state index contributed by atoms with van der Waals surface area (Å²) < 4.78 is 0. The number of halogens is 1. The standard InChI is InChI=1S/C21H23N3O2.ClH/c25-20(14-22-13-15-5-6-15)23-18-9-7-17(8-10-18)21(26)24-12-11-16-3-1-2-4-19(16)24;/h1-4,7-10,15,22H,5-6,11-14H2,(H,23,25);1H. The maximum atomic E-state index is 12.8. The van der Waals surface area contributed by atoms with Gasteiger partial charge < -0.3 is 15.5 Å². The van der Waals surface area contributed by atoms with E-state index in [1.807, 2.05) is 23.1 Å². The quantitative estimate of drug-likeness (QED) is 0.802. The van der Waals surface area contributed by atoms with Gasteiger partial charge in [-0.2, -0.15) is 0 Å². The second-order valence-corrected chi connectivity index (χ2v) is 7.04. The van der Waals surface area contributed by atoms with Gasteiger partial charge in [0.05, 0.1) is 6.54 Å². The van der Waals surface area contributed by atoms with Gasteiger partial charge >= 0.3 is 0 Å². The zero-order valence-corrected chi connectivity index (χ0v) is 15.9. The first-order valence-corrected chi connectivity index (χ1v) is 9.21. The van der Waals surface area contributed by atoms with Crippen molar-refractivity contribution in [2.75, 3.05) is 29.9 Å². The molecule has 6 heteroatoms. The fraction of sp³-hybridized carbons (Fsp3) is 0.333. The monoisotopic (exact) mass is 385 g/mol. The first-order chi connectivity index (χ1) is 12.7. The molecule has 0 bridgehead atoms. The Bertz CT molecular complexity index is 818. The van der Waals surface area contributed by atoms with E-state index in [0.29, 0.717) is 24.3 Å². The molecule has 1 fully saturated rings. The van der Waals surface area contributed by atoms with Crippen molar-refractivity contribution in [3.63, 3.8) is 0 Å². The van der Waals surface area contributed by atoms with Gasteiger partial charge in [-0.3, -0.25) is 9.59 Å². The van der Waals surface area contributed by atoms with E-state index in [0.717, 1.165) is 24.6 Å². The van der Waals surface area contributed by atoms with Crippen molar-refractivity contribution in [1.29, 1.82) is 0 Å². The highest BCUT2D eigenvalue weighted by Gasteiger charge is 2.25. The molecule has 2 aliphatic rings. The number of para-hydroxylation sites is 1. The predicted octanol–water partition coefficient (Wildman–Crippen LogP) is 3.25. The smallest absolute Gasteiger partial charge is 0.258 e. The Hall–Kier alpha value is -2.37. The van der Waals surface area contributed by atoms with E-state index in [1.54, 1.807) is 24.3 Å². The number of anilines is 2. The Morgan fingerprint density at radius 1 is 1.04 bits per heavy atom. The highest BCUT2D eigenvalue weighted by molar-refractivity contribution is 6.07. The molecule has 0 unspecified atom stereocenters. The minimum atomic E-state index is -0.0572. The molecule has 1 aliphatic carbocycles. The number of rotatable bonds is 6. The number of carbonyl (C=O) groups is 2. The Kier molecular flexibility index (Phi) is 6.14. The summed E-state index contributed by atoms with van der Waals surface area (Å²) in [5, 5.41) is 6.03. The topological polar surface area (TPSA) is 61.4 Å². The van der Waals surface area contributed by atoms with Gasteiger partial charge in [0.25, 0.3) is 5.91 Å². The van der Waals surface area contributed by atoms with Crippen LogP contribution in [0.5, 0.6) is 0 Å². The lowest BCUT2D eigenvalue weighted by atomic mass is 10.1. The Morgan fingerprint density at radius 3 is 2.52 bits per heavy atom. The van der Waals surface area contributed by atoms with Crippen LogP contribution in [0.3, 0.4) is 0 Å². The maximum Gasteiger partial charge on any atom is 0.258 e. The maximum absolute atomic E-state index is 12.8. The molecule has 1 heterocycles. The lowest BCUT2D eigenvalue weighted by molar-refractivity contribution is -0.115. The van der Waals surface area contributed by atoms with Gasteiger partial charge in [0.1, 0.15) is 0 Å². The SMILES string of the molecule is Cl.O=C(CNCC1CC1)Nc1ccc(C(=O)N2CCc3ccccc32)cc1. The zero-order chi connectivity index (χ0) is 17.9. The molecule has 1 saturated carbocycles. The minimum absolute atomic E-state index is 0. The van der Waals surface area contributed by atoms with E-state index in [-0.39, 0.29) is 24.2 Å². The van der Waals surface area contributed by atoms with Crippen LogP contribution < -0.4 is 15.5 Å². The number of hydrogen-bond acceptors (Lipinski definition) is 3. The average molecular weight is 386 g/mol. The fourth-order valence-electron chi connectivity index (χ4n) is 3.32. The number of fused-ring (bicyclic) bond motifs is 1. The number of amides is 2. The molecule has 4 rings (SSSR count). The summed E-state index contributed by atoms with van der Waals surface area (Å²) >= 11 is 0. The lowest BCUT2D eigenvalue weighted by Crippen LogP contribution is -2.30. The van der Waals surface area contributed by atoms with Crippen molar-refractivity contribution in [3.8, 4) is 0 Å². The van der Waals surface area contributed by atoms with Crippen molar-refractivity contribution in [1.82, 2.24) is 5.32 Å². The van der Waals surface area contributed by atoms with Crippen LogP contribution in [0.2, 0.25) is 0 Å². The van der Waals surface area contributed by atoms with Crippen LogP contribution in [-0.4, -0.2) is 31.4 Å². The Balaban J connectivity index is 0.00000210. The van der Waals surface area contributed by atoms with Crippen LogP contribution in [0.25, 0.3) is 0 Å². The van der Waals surface area contributed by atoms with Crippen molar-refractivity contribution < 1.29 is 9.59 Å². The number of nitrogens with zero attached hydrogens (tertiary/aromatic N) is 1. The van der Waals surface area contributed by atoms with Crippen molar-refractivity contribution in [2.45, 2.75) is 19.3 Å². The number of benzene rings is 2. The summed E-state index contributed by atoms with van der Waals surface area (Å²) in [6, 6.07) is 15.1. The van der Waals surface area contributed by atoms with E-state index >= 15 is 0 Å². The van der Waals surface area contributed by atoms with Gasteiger partial charge in [-0.15, -0.1) is 12.4 Å². The van der Waals surface area contributed by atoms with Crippen molar-refractivity contribution >= 4 is 35.6 Å². The zero-order valence-electron chi connectivity index (χ0n) is 15.1. The number of hydrogen-bond donors (Lipinski definition) is 2. The summed E-state index contributed by atoms with van der Waals surface area (Å²) in [5.41, 5.74) is 3.55. The summed E-state index contributed by atoms with van der Waals surface area (Å²) in [4.78, 5) is 26.5. The first-order valence-electron chi connectivity index (χ1n) is 9.21. The lowest BCUT2D eigenvalue weighted by Gasteiger charge is -2.17. The van der Waals surface area contributed by atoms with E-state index in [1.165, 1.54) is 18.4 Å². The third-order valence-electron chi connectivity index (χ3n) is 4.96. The van der Waals surface area contributed by atoms with Crippen LogP contribution in [-0.2, 0) is 11.2 Å². The average Bonchev–Trinajstić information content (AvgIpc) is 3.38. The molecule has 0 aromatic heterocycles. The van der Waals surface area contributed by atoms with Gasteiger partial charge in [0.15, 0.2) is 0 Å². The van der Waals surface area contributed by atoms with Crippen LogP contribution in [0.15, 0.2) is 48.5 Å². The van der Waals surface area contributed by atoms with Crippen LogP contribution in [0, 0.1) is 5.92 Å². The molecule has 27 heavy (non-hydrogen) atoms. The predicted molar refractivity (Wildman–Crippen MR) is 110 cm³/mol. The Labute approximate surface area is 165 Å². The molecule has 0 spiro atoms. The van der Waals surface area contributed by atoms with Crippen LogP contribution in [0.1, 0.15) is 28.8 Å². The molecule has 0 radical (unpaired) electrons. The van der Waals surface area contributed by atoms with Gasteiger partial charge in [0.2, 0.25) is 5.91 Å². The molecule has 2 aromatic carbocycles. The molecule has 2 amide bonds. The van der Waals surface area contributed by atoms with E-state index < -0.39 is 0 Å². The van der Waals surface area contributed by atoms with Crippen LogP contribution >= 0.6 is 12.4 Å². The fourth-order valence-corrected chi connectivity index (χ4v) is 3.32. The summed E-state index contributed by atoms with van der Waals surface area (Å²) in [6.07, 6.45) is 3.43. The second-order valence-electron chi connectivity index (χ2n) is 7.04. The highest BCUT2D eigenvalue weighted by atomic mass is 35.5. The molecule has 2 aromatic rings. The number of nitrogens with one attached hydrogen (secondary N) is 2. The molecule has 0 atom stereocenters. The van der Waals surface area contributed by atoms with E-state index in [2.05, 4.69) is 16.7 Å². The third-order valence-corrected chi connectivity index (χ3v) is 4.96. The summed E-state index contributed by atoms with van der Waals surface area (Å²) in [7, 11) is 0. The van der Waals surface area contributed by atoms with Gasteiger partial charge in [-0.25, -0.2) is 0 Å². The van der Waals surface area contributed by atoms with E-state index in [9.17, 15) is 9.59 Å². The van der Waals surface area contributed by atoms with Gasteiger partial charge in [0, 0.05) is 23.5 Å². The van der Waals surface area contributed by atoms with Gasteiger partial charge in [-0.05, 0) is 67.6 Å². The second kappa shape index (κ2) is 8.55. The molecular weight excluding hydrogens is 362 g/mol. The first kappa shape index (κ1) is 19.4. The minimum Gasteiger partial charge on any atom is -0.325 e. The Morgan fingerprint density at radius 2 is 1.78 bits per heavy atom. The molecule has 0 saturated heterocycles. The highest BCUT2D eigenvalue weighted by Crippen LogP contribution is 2.29. The van der Waals surface area contributed by atoms with Crippen molar-refractivity contribution in [3.05, 3.63) is 59.7 Å². The summed E-state index contributed by atoms with van der Waals surface area (Å²) in [5.74, 6) is 0.695. The molecule has 2 N–H and O–H groups in total. The van der Waals surface area contributed by atoms with Crippen molar-refractivity contribution in [2.24, 2.45) is 5.92 Å². The normalized spacial score (nSPS) is 15.0.